The molecule has 2 aromatic heterocycles. The summed E-state index contributed by atoms with van der Waals surface area (Å²) in [5.74, 6) is -0.783. The van der Waals surface area contributed by atoms with Crippen LogP contribution in [-0.2, 0) is 21.3 Å². The van der Waals surface area contributed by atoms with Gasteiger partial charge in [-0.05, 0) is 63.4 Å². The Labute approximate surface area is 198 Å². The highest BCUT2D eigenvalue weighted by Crippen LogP contribution is 2.43. The van der Waals surface area contributed by atoms with E-state index in [4.69, 9.17) is 9.47 Å². The van der Waals surface area contributed by atoms with Crippen LogP contribution < -0.4 is 4.90 Å². The van der Waals surface area contributed by atoms with E-state index in [1.165, 1.54) is 18.3 Å². The highest BCUT2D eigenvalue weighted by molar-refractivity contribution is 5.99. The summed E-state index contributed by atoms with van der Waals surface area (Å²) in [5, 5.41) is 4.55. The molecule has 0 saturated heterocycles. The Morgan fingerprint density at radius 2 is 1.85 bits per heavy atom. The zero-order valence-electron chi connectivity index (χ0n) is 20.4. The number of benzene rings is 1. The molecule has 0 spiro atoms. The minimum absolute atomic E-state index is 0.242. The first kappa shape index (κ1) is 23.7. The number of nitrogens with zero attached hydrogens (tertiary/aromatic N) is 3. The van der Waals surface area contributed by atoms with Gasteiger partial charge in [-0.2, -0.15) is 5.10 Å². The predicted octanol–water partition coefficient (Wildman–Crippen LogP) is 5.27. The highest BCUT2D eigenvalue weighted by atomic mass is 19.1. The van der Waals surface area contributed by atoms with E-state index >= 15 is 0 Å². The van der Waals surface area contributed by atoms with Crippen molar-refractivity contribution in [1.82, 2.24) is 9.61 Å². The van der Waals surface area contributed by atoms with E-state index in [0.717, 1.165) is 16.8 Å². The van der Waals surface area contributed by atoms with Crippen molar-refractivity contribution in [2.24, 2.45) is 0 Å². The lowest BCUT2D eigenvalue weighted by Gasteiger charge is -2.25. The maximum Gasteiger partial charge on any atom is 0.414 e. The fourth-order valence-electron chi connectivity index (χ4n) is 4.43. The molecule has 34 heavy (non-hydrogen) atoms. The minimum atomic E-state index is -0.645. The molecule has 1 aliphatic heterocycles. The maximum absolute atomic E-state index is 13.5. The molecule has 1 aliphatic rings. The fourth-order valence-corrected chi connectivity index (χ4v) is 4.43. The average Bonchev–Trinajstić information content (AvgIpc) is 3.28. The van der Waals surface area contributed by atoms with Gasteiger partial charge in [0.15, 0.2) is 0 Å². The number of halogens is 1. The summed E-state index contributed by atoms with van der Waals surface area (Å²) >= 11 is 0. The third-order valence-corrected chi connectivity index (χ3v) is 5.74. The molecule has 0 radical (unpaired) electrons. The Morgan fingerprint density at radius 1 is 1.18 bits per heavy atom. The molecule has 8 heteroatoms. The SMILES string of the molecule is CCOC(=O)c1cnn2c3c(cc(Cc4ccc(F)cc4)c12)N(C(=O)OC(C)(C)C)CC3(C)C. The number of amides is 1. The Balaban J connectivity index is 1.92. The second kappa shape index (κ2) is 8.42. The molecule has 1 amide bonds. The van der Waals surface area contributed by atoms with Crippen LogP contribution in [0.25, 0.3) is 5.52 Å². The molecule has 0 aliphatic carbocycles. The number of aromatic nitrogens is 2. The zero-order chi connectivity index (χ0) is 24.8. The molecule has 4 rings (SSSR count). The summed E-state index contributed by atoms with van der Waals surface area (Å²) in [6.07, 6.45) is 1.48. The van der Waals surface area contributed by atoms with Gasteiger partial charge in [-0.3, -0.25) is 4.90 Å². The van der Waals surface area contributed by atoms with E-state index in [1.807, 2.05) is 40.7 Å². The molecule has 0 fully saturated rings. The average molecular weight is 468 g/mol. The van der Waals surface area contributed by atoms with Crippen molar-refractivity contribution in [2.75, 3.05) is 18.1 Å². The third-order valence-electron chi connectivity index (χ3n) is 5.74. The van der Waals surface area contributed by atoms with Crippen LogP contribution in [-0.4, -0.2) is 40.4 Å². The Hall–Kier alpha value is -3.42. The quantitative estimate of drug-likeness (QED) is 0.489. The lowest BCUT2D eigenvalue weighted by atomic mass is 9.90. The van der Waals surface area contributed by atoms with Gasteiger partial charge in [0.25, 0.3) is 0 Å². The number of hydrogen-bond donors (Lipinski definition) is 0. The largest absolute Gasteiger partial charge is 0.462 e. The topological polar surface area (TPSA) is 73.1 Å². The normalized spacial score (nSPS) is 14.9. The van der Waals surface area contributed by atoms with Crippen molar-refractivity contribution in [1.29, 1.82) is 0 Å². The van der Waals surface area contributed by atoms with Gasteiger partial charge in [0, 0.05) is 12.0 Å². The molecule has 0 atom stereocenters. The number of pyridine rings is 1. The van der Waals surface area contributed by atoms with Crippen LogP contribution in [0.15, 0.2) is 36.5 Å². The van der Waals surface area contributed by atoms with E-state index in [-0.39, 0.29) is 12.4 Å². The second-order valence-electron chi connectivity index (χ2n) is 10.2. The van der Waals surface area contributed by atoms with Gasteiger partial charge in [-0.25, -0.2) is 18.5 Å². The van der Waals surface area contributed by atoms with Gasteiger partial charge in [0.1, 0.15) is 17.0 Å². The molecule has 1 aromatic carbocycles. The number of esters is 1. The van der Waals surface area contributed by atoms with Crippen LogP contribution in [0.4, 0.5) is 14.9 Å². The van der Waals surface area contributed by atoms with Crippen LogP contribution in [0.3, 0.4) is 0 Å². The van der Waals surface area contributed by atoms with Crippen molar-refractivity contribution in [3.05, 3.63) is 64.7 Å². The van der Waals surface area contributed by atoms with Crippen molar-refractivity contribution < 1.29 is 23.5 Å². The van der Waals surface area contributed by atoms with Crippen molar-refractivity contribution >= 4 is 23.3 Å². The molecule has 3 aromatic rings. The number of carbonyl (C=O) groups excluding carboxylic acids is 2. The van der Waals surface area contributed by atoms with Crippen molar-refractivity contribution in [2.45, 2.75) is 59.0 Å². The molecule has 7 nitrogen and oxygen atoms in total. The standard InChI is InChI=1S/C26H30FN3O4/c1-7-33-23(31)19-14-28-30-21(19)17(12-16-8-10-18(27)11-9-16)13-20-22(30)26(5,6)15-29(20)24(32)34-25(2,3)4/h8-11,13-14H,7,12,15H2,1-6H3. The molecule has 0 bridgehead atoms. The molecular weight excluding hydrogens is 437 g/mol. The van der Waals surface area contributed by atoms with Gasteiger partial charge < -0.3 is 9.47 Å². The first-order chi connectivity index (χ1) is 15.9. The minimum Gasteiger partial charge on any atom is -0.462 e. The molecule has 0 saturated carbocycles. The van der Waals surface area contributed by atoms with Crippen LogP contribution >= 0.6 is 0 Å². The first-order valence-electron chi connectivity index (χ1n) is 11.4. The predicted molar refractivity (Wildman–Crippen MR) is 127 cm³/mol. The summed E-state index contributed by atoms with van der Waals surface area (Å²) in [6, 6.07) is 8.12. The Bertz CT molecular complexity index is 1260. The monoisotopic (exact) mass is 467 g/mol. The number of hydrogen-bond acceptors (Lipinski definition) is 5. The van der Waals surface area contributed by atoms with E-state index in [2.05, 4.69) is 5.10 Å². The number of fused-ring (bicyclic) bond motifs is 3. The lowest BCUT2D eigenvalue weighted by molar-refractivity contribution is 0.0526. The molecule has 0 unspecified atom stereocenters. The Kier molecular flexibility index (Phi) is 5.87. The van der Waals surface area contributed by atoms with Crippen molar-refractivity contribution in [3.63, 3.8) is 0 Å². The van der Waals surface area contributed by atoms with Crippen LogP contribution in [0, 0.1) is 5.82 Å². The van der Waals surface area contributed by atoms with Gasteiger partial charge in [-0.15, -0.1) is 0 Å². The van der Waals surface area contributed by atoms with Crippen LogP contribution in [0.5, 0.6) is 0 Å². The number of rotatable bonds is 4. The van der Waals surface area contributed by atoms with Crippen LogP contribution in [0.2, 0.25) is 0 Å². The van der Waals surface area contributed by atoms with E-state index in [1.54, 1.807) is 28.5 Å². The van der Waals surface area contributed by atoms with Gasteiger partial charge in [-0.1, -0.05) is 26.0 Å². The molecule has 3 heterocycles. The second-order valence-corrected chi connectivity index (χ2v) is 10.2. The zero-order valence-corrected chi connectivity index (χ0v) is 20.4. The third kappa shape index (κ3) is 4.36. The summed E-state index contributed by atoms with van der Waals surface area (Å²) < 4.78 is 26.2. The Morgan fingerprint density at radius 3 is 2.47 bits per heavy atom. The van der Waals surface area contributed by atoms with E-state index in [9.17, 15) is 14.0 Å². The lowest BCUT2D eigenvalue weighted by Crippen LogP contribution is -2.38. The van der Waals surface area contributed by atoms with E-state index in [0.29, 0.717) is 29.7 Å². The number of anilines is 1. The van der Waals surface area contributed by atoms with Gasteiger partial charge >= 0.3 is 12.1 Å². The number of ether oxygens (including phenoxy) is 2. The van der Waals surface area contributed by atoms with E-state index < -0.39 is 23.1 Å². The van der Waals surface area contributed by atoms with Gasteiger partial charge in [0.05, 0.1) is 29.7 Å². The maximum atomic E-state index is 13.5. The fraction of sp³-hybridized carbons (Fsp3) is 0.423. The highest BCUT2D eigenvalue weighted by Gasteiger charge is 2.43. The summed E-state index contributed by atoms with van der Waals surface area (Å²) in [5.41, 5.74) is 3.02. The molecule has 180 valence electrons. The first-order valence-corrected chi connectivity index (χ1v) is 11.4. The van der Waals surface area contributed by atoms with Gasteiger partial charge in [0.2, 0.25) is 0 Å². The summed E-state index contributed by atoms with van der Waals surface area (Å²) in [7, 11) is 0. The van der Waals surface area contributed by atoms with Crippen LogP contribution in [0.1, 0.15) is 68.7 Å². The molecular formula is C26H30FN3O4. The van der Waals surface area contributed by atoms with Crippen molar-refractivity contribution in [3.8, 4) is 0 Å². The summed E-state index contributed by atoms with van der Waals surface area (Å²) in [6.45, 7) is 11.9. The summed E-state index contributed by atoms with van der Waals surface area (Å²) in [4.78, 5) is 27.5. The smallest absolute Gasteiger partial charge is 0.414 e. The number of carbonyl (C=O) groups is 2. The molecule has 0 N–H and O–H groups in total.